The molecule has 0 radical (unpaired) electrons. The van der Waals surface area contributed by atoms with E-state index in [1.165, 1.54) is 0 Å². The highest BCUT2D eigenvalue weighted by atomic mass is 19.4. The van der Waals surface area contributed by atoms with E-state index in [9.17, 15) is 18.0 Å². The SMILES string of the molecule is CC(NC(=O)c1cnn2c(C(F)(F)F)cc(C3CC3)nc12)c1ccccc1. The van der Waals surface area contributed by atoms with Crippen molar-refractivity contribution in [2.75, 3.05) is 0 Å². The highest BCUT2D eigenvalue weighted by Crippen LogP contribution is 2.41. The first kappa shape index (κ1) is 17.5. The molecule has 1 atom stereocenters. The van der Waals surface area contributed by atoms with E-state index >= 15 is 0 Å². The van der Waals surface area contributed by atoms with Crippen molar-refractivity contribution in [1.29, 1.82) is 0 Å². The van der Waals surface area contributed by atoms with Gasteiger partial charge in [-0.05, 0) is 31.4 Å². The maximum atomic E-state index is 13.4. The van der Waals surface area contributed by atoms with Gasteiger partial charge in [0.1, 0.15) is 11.3 Å². The van der Waals surface area contributed by atoms with Crippen LogP contribution in [0.2, 0.25) is 0 Å². The molecule has 0 bridgehead atoms. The summed E-state index contributed by atoms with van der Waals surface area (Å²) in [6, 6.07) is 10.0. The first-order valence-corrected chi connectivity index (χ1v) is 8.66. The molecule has 0 aliphatic heterocycles. The van der Waals surface area contributed by atoms with Gasteiger partial charge in [-0.15, -0.1) is 0 Å². The number of hydrogen-bond acceptors (Lipinski definition) is 3. The molecule has 1 saturated carbocycles. The molecule has 0 saturated heterocycles. The second-order valence-electron chi connectivity index (χ2n) is 6.74. The van der Waals surface area contributed by atoms with Crippen molar-refractivity contribution in [3.8, 4) is 0 Å². The number of nitrogens with one attached hydrogen (secondary N) is 1. The Morgan fingerprint density at radius 2 is 1.96 bits per heavy atom. The zero-order valence-corrected chi connectivity index (χ0v) is 14.5. The van der Waals surface area contributed by atoms with E-state index in [-0.39, 0.29) is 23.2 Å². The molecule has 2 heterocycles. The Morgan fingerprint density at radius 3 is 2.59 bits per heavy atom. The zero-order valence-electron chi connectivity index (χ0n) is 14.5. The van der Waals surface area contributed by atoms with Crippen LogP contribution in [0.15, 0.2) is 42.6 Å². The fourth-order valence-corrected chi connectivity index (χ4v) is 3.03. The average molecular weight is 374 g/mol. The van der Waals surface area contributed by atoms with Crippen molar-refractivity contribution in [2.24, 2.45) is 0 Å². The maximum Gasteiger partial charge on any atom is 0.433 e. The molecule has 1 N–H and O–H groups in total. The summed E-state index contributed by atoms with van der Waals surface area (Å²) < 4.78 is 41.0. The Labute approximate surface area is 153 Å². The number of fused-ring (bicyclic) bond motifs is 1. The van der Waals surface area contributed by atoms with Crippen LogP contribution in [0.3, 0.4) is 0 Å². The summed E-state index contributed by atoms with van der Waals surface area (Å²) in [5.41, 5.74) is 0.310. The molecule has 1 aromatic carbocycles. The van der Waals surface area contributed by atoms with E-state index in [2.05, 4.69) is 15.4 Å². The lowest BCUT2D eigenvalue weighted by Gasteiger charge is -2.14. The van der Waals surface area contributed by atoms with Crippen LogP contribution in [-0.4, -0.2) is 20.5 Å². The van der Waals surface area contributed by atoms with E-state index < -0.39 is 17.8 Å². The quantitative estimate of drug-likeness (QED) is 0.747. The molecular weight excluding hydrogens is 357 g/mol. The highest BCUT2D eigenvalue weighted by molar-refractivity contribution is 5.99. The molecule has 1 unspecified atom stereocenters. The van der Waals surface area contributed by atoms with Crippen LogP contribution >= 0.6 is 0 Å². The van der Waals surface area contributed by atoms with E-state index in [4.69, 9.17) is 0 Å². The number of nitrogens with zero attached hydrogens (tertiary/aromatic N) is 3. The van der Waals surface area contributed by atoms with Crippen molar-refractivity contribution in [3.63, 3.8) is 0 Å². The fourth-order valence-electron chi connectivity index (χ4n) is 3.03. The molecule has 8 heteroatoms. The third-order valence-electron chi connectivity index (χ3n) is 4.67. The van der Waals surface area contributed by atoms with E-state index in [1.807, 2.05) is 37.3 Å². The van der Waals surface area contributed by atoms with Gasteiger partial charge in [-0.1, -0.05) is 30.3 Å². The Kier molecular flexibility index (Phi) is 4.13. The summed E-state index contributed by atoms with van der Waals surface area (Å²) in [6.07, 6.45) is -1.83. The molecule has 4 rings (SSSR count). The van der Waals surface area contributed by atoms with Gasteiger partial charge in [0.05, 0.1) is 12.2 Å². The second kappa shape index (κ2) is 6.37. The second-order valence-corrected chi connectivity index (χ2v) is 6.74. The number of hydrogen-bond donors (Lipinski definition) is 1. The largest absolute Gasteiger partial charge is 0.433 e. The summed E-state index contributed by atoms with van der Waals surface area (Å²) in [5, 5.41) is 6.58. The van der Waals surface area contributed by atoms with Crippen LogP contribution in [0.4, 0.5) is 13.2 Å². The minimum absolute atomic E-state index is 0.0187. The van der Waals surface area contributed by atoms with Crippen LogP contribution in [0.1, 0.15) is 59.0 Å². The highest BCUT2D eigenvalue weighted by Gasteiger charge is 2.38. The summed E-state index contributed by atoms with van der Waals surface area (Å²) >= 11 is 0. The lowest BCUT2D eigenvalue weighted by atomic mass is 10.1. The van der Waals surface area contributed by atoms with Crippen molar-refractivity contribution < 1.29 is 18.0 Å². The number of benzene rings is 1. The standard InChI is InChI=1S/C19H17F3N4O/c1-11(12-5-3-2-4-6-12)24-18(27)14-10-23-26-16(19(20,21)22)9-15(13-7-8-13)25-17(14)26/h2-6,9-11,13H,7-8H2,1H3,(H,24,27). The van der Waals surface area contributed by atoms with Gasteiger partial charge in [0.25, 0.3) is 5.91 Å². The Hall–Kier alpha value is -2.90. The molecule has 27 heavy (non-hydrogen) atoms. The number of carbonyl (C=O) groups excluding carboxylic acids is 1. The topological polar surface area (TPSA) is 59.3 Å². The molecule has 2 aromatic heterocycles. The predicted molar refractivity (Wildman–Crippen MR) is 92.3 cm³/mol. The van der Waals surface area contributed by atoms with Crippen LogP contribution in [0.5, 0.6) is 0 Å². The predicted octanol–water partition coefficient (Wildman–Crippen LogP) is 4.12. The molecule has 1 amide bonds. The van der Waals surface area contributed by atoms with E-state index in [1.54, 1.807) is 0 Å². The molecule has 1 fully saturated rings. The van der Waals surface area contributed by atoms with Gasteiger partial charge in [0.15, 0.2) is 5.65 Å². The Morgan fingerprint density at radius 1 is 1.26 bits per heavy atom. The third kappa shape index (κ3) is 3.39. The third-order valence-corrected chi connectivity index (χ3v) is 4.67. The van der Waals surface area contributed by atoms with Gasteiger partial charge in [-0.2, -0.15) is 18.3 Å². The normalized spacial score (nSPS) is 15.7. The van der Waals surface area contributed by atoms with Crippen molar-refractivity contribution >= 4 is 11.6 Å². The number of carbonyl (C=O) groups is 1. The fraction of sp³-hybridized carbons (Fsp3) is 0.316. The molecule has 3 aromatic rings. The number of halogens is 3. The van der Waals surface area contributed by atoms with Gasteiger partial charge < -0.3 is 5.32 Å². The minimum Gasteiger partial charge on any atom is -0.345 e. The average Bonchev–Trinajstić information content (AvgIpc) is 3.40. The van der Waals surface area contributed by atoms with Crippen LogP contribution < -0.4 is 5.32 Å². The summed E-state index contributed by atoms with van der Waals surface area (Å²) in [7, 11) is 0. The molecule has 1 aliphatic carbocycles. The van der Waals surface area contributed by atoms with E-state index in [0.717, 1.165) is 30.7 Å². The first-order chi connectivity index (χ1) is 12.8. The minimum atomic E-state index is -4.58. The van der Waals surface area contributed by atoms with Gasteiger partial charge in [-0.25, -0.2) is 9.50 Å². The molecule has 5 nitrogen and oxygen atoms in total. The van der Waals surface area contributed by atoms with Crippen LogP contribution in [0.25, 0.3) is 5.65 Å². The lowest BCUT2D eigenvalue weighted by Crippen LogP contribution is -2.26. The van der Waals surface area contributed by atoms with Gasteiger partial charge >= 0.3 is 6.18 Å². The van der Waals surface area contributed by atoms with Gasteiger partial charge in [0, 0.05) is 11.6 Å². The monoisotopic (exact) mass is 374 g/mol. The van der Waals surface area contributed by atoms with Crippen molar-refractivity contribution in [2.45, 2.75) is 37.9 Å². The van der Waals surface area contributed by atoms with E-state index in [0.29, 0.717) is 10.2 Å². The number of alkyl halides is 3. The number of rotatable bonds is 4. The van der Waals surface area contributed by atoms with Crippen molar-refractivity contribution in [3.05, 3.63) is 65.1 Å². The summed E-state index contributed by atoms with van der Waals surface area (Å²) in [6.45, 7) is 1.81. The molecule has 0 spiro atoms. The van der Waals surface area contributed by atoms with Crippen LogP contribution in [0, 0.1) is 0 Å². The molecular formula is C19H17F3N4O. The Bertz CT molecular complexity index is 993. The zero-order chi connectivity index (χ0) is 19.2. The molecule has 1 aliphatic rings. The van der Waals surface area contributed by atoms with Gasteiger partial charge in [0.2, 0.25) is 0 Å². The lowest BCUT2D eigenvalue weighted by molar-refractivity contribution is -0.142. The molecule has 140 valence electrons. The summed E-state index contributed by atoms with van der Waals surface area (Å²) in [4.78, 5) is 17.0. The van der Waals surface area contributed by atoms with Gasteiger partial charge in [-0.3, -0.25) is 4.79 Å². The number of aromatic nitrogens is 3. The summed E-state index contributed by atoms with van der Waals surface area (Å²) in [5.74, 6) is -0.486. The van der Waals surface area contributed by atoms with Crippen LogP contribution in [-0.2, 0) is 6.18 Å². The maximum absolute atomic E-state index is 13.4. The first-order valence-electron chi connectivity index (χ1n) is 8.66. The smallest absolute Gasteiger partial charge is 0.345 e. The van der Waals surface area contributed by atoms with Crippen molar-refractivity contribution in [1.82, 2.24) is 19.9 Å². The Balaban J connectivity index is 1.71. The number of amides is 1.